The molecule has 1 fully saturated rings. The fourth-order valence-corrected chi connectivity index (χ4v) is 10.4. The minimum Gasteiger partial charge on any atom is -0.467 e. The molecule has 0 aromatic carbocycles. The number of nitrogens with zero attached hydrogens (tertiary/aromatic N) is 1. The van der Waals surface area contributed by atoms with Crippen LogP contribution in [0.25, 0.3) is 0 Å². The number of rotatable bonds is 7. The molecule has 0 aliphatic carbocycles. The normalized spacial score (nSPS) is 23.2. The first-order valence-corrected chi connectivity index (χ1v) is 12.7. The summed E-state index contributed by atoms with van der Waals surface area (Å²) in [5.41, 5.74) is 0.306. The van der Waals surface area contributed by atoms with Crippen LogP contribution in [0.5, 0.6) is 0 Å². The molecule has 0 unspecified atom stereocenters. The molecule has 0 aromatic heterocycles. The summed E-state index contributed by atoms with van der Waals surface area (Å²) in [6.07, 6.45) is -0.794. The van der Waals surface area contributed by atoms with Gasteiger partial charge in [-0.05, 0) is 37.4 Å². The second-order valence-corrected chi connectivity index (χ2v) is 15.3. The quantitative estimate of drug-likeness (QED) is 0.483. The summed E-state index contributed by atoms with van der Waals surface area (Å²) in [6.45, 7) is 18.1. The van der Waals surface area contributed by atoms with Crippen LogP contribution in [-0.2, 0) is 18.7 Å². The topological polar surface area (TPSA) is 85.3 Å². The van der Waals surface area contributed by atoms with Crippen molar-refractivity contribution in [2.24, 2.45) is 0 Å². The Morgan fingerprint density at radius 1 is 1.07 bits per heavy atom. The number of hydrogen-bond donors (Lipinski definition) is 1. The molecular formula is C21H41NO6Si. The molecule has 0 saturated carbocycles. The van der Waals surface area contributed by atoms with E-state index in [1.165, 1.54) is 12.0 Å². The van der Waals surface area contributed by atoms with Gasteiger partial charge in [-0.25, -0.2) is 9.59 Å². The summed E-state index contributed by atoms with van der Waals surface area (Å²) < 4.78 is 17.3. The van der Waals surface area contributed by atoms with E-state index in [0.717, 1.165) is 0 Å². The van der Waals surface area contributed by atoms with Crippen molar-refractivity contribution < 1.29 is 28.6 Å². The third-order valence-electron chi connectivity index (χ3n) is 5.91. The van der Waals surface area contributed by atoms with E-state index in [9.17, 15) is 14.7 Å². The SMILES string of the molecule is COC(=O)[C@@H]1C[C@H](O[Si](C(C)C)(C(C)C)C(C)C)[C@H](CO)N1C(=O)OC(C)(C)C. The summed E-state index contributed by atoms with van der Waals surface area (Å²) in [5.74, 6) is -0.522. The molecule has 29 heavy (non-hydrogen) atoms. The van der Waals surface area contributed by atoms with Gasteiger partial charge in [0.25, 0.3) is 0 Å². The van der Waals surface area contributed by atoms with Crippen molar-refractivity contribution in [1.82, 2.24) is 4.90 Å². The van der Waals surface area contributed by atoms with Gasteiger partial charge in [0.1, 0.15) is 11.6 Å². The van der Waals surface area contributed by atoms with Gasteiger partial charge in [-0.15, -0.1) is 0 Å². The van der Waals surface area contributed by atoms with Crippen molar-refractivity contribution >= 4 is 20.4 Å². The molecule has 170 valence electrons. The second-order valence-electron chi connectivity index (χ2n) is 9.89. The van der Waals surface area contributed by atoms with Crippen molar-refractivity contribution in [1.29, 1.82) is 0 Å². The fourth-order valence-electron chi connectivity index (χ4n) is 4.83. The average molecular weight is 432 g/mol. The Labute approximate surface area is 177 Å². The van der Waals surface area contributed by atoms with Gasteiger partial charge >= 0.3 is 12.1 Å². The number of amides is 1. The lowest BCUT2D eigenvalue weighted by Gasteiger charge is -2.45. The van der Waals surface area contributed by atoms with Crippen molar-refractivity contribution in [2.75, 3.05) is 13.7 Å². The molecule has 1 rings (SSSR count). The molecular weight excluding hydrogens is 390 g/mol. The summed E-state index contributed by atoms with van der Waals surface area (Å²) >= 11 is 0. The number of hydrogen-bond acceptors (Lipinski definition) is 6. The van der Waals surface area contributed by atoms with Gasteiger partial charge in [-0.2, -0.15) is 0 Å². The highest BCUT2D eigenvalue weighted by Gasteiger charge is 2.54. The van der Waals surface area contributed by atoms with Crippen LogP contribution >= 0.6 is 0 Å². The summed E-state index contributed by atoms with van der Waals surface area (Å²) in [7, 11) is -0.980. The Bertz CT molecular complexity index is 550. The van der Waals surface area contributed by atoms with E-state index >= 15 is 0 Å². The summed E-state index contributed by atoms with van der Waals surface area (Å²) in [4.78, 5) is 26.7. The van der Waals surface area contributed by atoms with Gasteiger partial charge in [0, 0.05) is 6.42 Å². The highest BCUT2D eigenvalue weighted by atomic mass is 28.4. The number of carbonyl (C=O) groups excluding carboxylic acids is 2. The molecule has 0 spiro atoms. The summed E-state index contributed by atoms with van der Waals surface area (Å²) in [6, 6.07) is -1.49. The Kier molecular flexibility index (Phi) is 8.75. The zero-order chi connectivity index (χ0) is 22.7. The minimum absolute atomic E-state index is 0.290. The standard InChI is InChI=1S/C21H41NO6Si/c1-13(2)29(14(3)4,15(5)6)28-18-11-16(19(24)26-10)22(17(18)12-23)20(25)27-21(7,8)9/h13-18,23H,11-12H2,1-10H3/t16-,17-,18-/m0/s1. The van der Waals surface area contributed by atoms with Crippen molar-refractivity contribution in [2.45, 2.75) is 109 Å². The maximum Gasteiger partial charge on any atom is 0.411 e. The van der Waals surface area contributed by atoms with Crippen LogP contribution in [0.3, 0.4) is 0 Å². The lowest BCUT2D eigenvalue weighted by molar-refractivity contribution is -0.146. The maximum absolute atomic E-state index is 12.9. The van der Waals surface area contributed by atoms with Crippen molar-refractivity contribution in [3.05, 3.63) is 0 Å². The highest BCUT2D eigenvalue weighted by Crippen LogP contribution is 2.45. The number of esters is 1. The average Bonchev–Trinajstić information content (AvgIpc) is 2.94. The highest BCUT2D eigenvalue weighted by molar-refractivity contribution is 6.77. The van der Waals surface area contributed by atoms with E-state index in [2.05, 4.69) is 41.5 Å². The Balaban J connectivity index is 3.34. The van der Waals surface area contributed by atoms with Crippen LogP contribution in [0.15, 0.2) is 0 Å². The molecule has 0 aromatic rings. The predicted molar refractivity (Wildman–Crippen MR) is 115 cm³/mol. The van der Waals surface area contributed by atoms with Crippen LogP contribution in [0.1, 0.15) is 68.7 Å². The molecule has 0 radical (unpaired) electrons. The Morgan fingerprint density at radius 2 is 1.55 bits per heavy atom. The largest absolute Gasteiger partial charge is 0.467 e. The second kappa shape index (κ2) is 9.79. The third-order valence-corrected chi connectivity index (χ3v) is 12.0. The number of ether oxygens (including phenoxy) is 2. The van der Waals surface area contributed by atoms with Crippen LogP contribution in [0.4, 0.5) is 4.79 Å². The zero-order valence-corrected chi connectivity index (χ0v) is 20.8. The van der Waals surface area contributed by atoms with Gasteiger partial charge in [-0.3, -0.25) is 4.90 Å². The molecule has 1 saturated heterocycles. The van der Waals surface area contributed by atoms with Crippen LogP contribution in [0.2, 0.25) is 16.6 Å². The number of methoxy groups -OCH3 is 1. The van der Waals surface area contributed by atoms with Crippen LogP contribution < -0.4 is 0 Å². The smallest absolute Gasteiger partial charge is 0.411 e. The number of aliphatic hydroxyl groups is 1. The molecule has 7 nitrogen and oxygen atoms in total. The van der Waals surface area contributed by atoms with E-state index in [-0.39, 0.29) is 13.0 Å². The Morgan fingerprint density at radius 3 is 1.90 bits per heavy atom. The van der Waals surface area contributed by atoms with Crippen LogP contribution in [-0.4, -0.2) is 67.9 Å². The first-order valence-electron chi connectivity index (χ1n) is 10.6. The lowest BCUT2D eigenvalue weighted by atomic mass is 10.1. The zero-order valence-electron chi connectivity index (χ0n) is 19.8. The molecule has 0 bridgehead atoms. The minimum atomic E-state index is -2.28. The molecule has 1 aliphatic rings. The molecule has 1 amide bonds. The molecule has 3 atom stereocenters. The maximum atomic E-state index is 12.9. The van der Waals surface area contributed by atoms with Gasteiger partial charge in [-0.1, -0.05) is 41.5 Å². The monoisotopic (exact) mass is 431 g/mol. The number of carbonyl (C=O) groups is 2. The molecule has 8 heteroatoms. The molecule has 1 N–H and O–H groups in total. The Hall–Kier alpha value is -1.12. The van der Waals surface area contributed by atoms with E-state index in [0.29, 0.717) is 16.6 Å². The summed E-state index contributed by atoms with van der Waals surface area (Å²) in [5, 5.41) is 10.2. The van der Waals surface area contributed by atoms with E-state index in [1.807, 2.05) is 0 Å². The predicted octanol–water partition coefficient (Wildman–Crippen LogP) is 4.09. The van der Waals surface area contributed by atoms with Gasteiger partial charge in [0.2, 0.25) is 8.32 Å². The first-order chi connectivity index (χ1) is 13.2. The first kappa shape index (κ1) is 25.9. The van der Waals surface area contributed by atoms with Crippen molar-refractivity contribution in [3.63, 3.8) is 0 Å². The van der Waals surface area contributed by atoms with E-state index in [1.54, 1.807) is 20.8 Å². The van der Waals surface area contributed by atoms with Gasteiger partial charge in [0.15, 0.2) is 0 Å². The van der Waals surface area contributed by atoms with E-state index in [4.69, 9.17) is 13.9 Å². The fraction of sp³-hybridized carbons (Fsp3) is 0.905. The third kappa shape index (κ3) is 5.52. The van der Waals surface area contributed by atoms with Gasteiger partial charge in [0.05, 0.1) is 25.9 Å². The van der Waals surface area contributed by atoms with Gasteiger partial charge < -0.3 is 19.0 Å². The lowest BCUT2D eigenvalue weighted by Crippen LogP contribution is -2.54. The number of aliphatic hydroxyl groups excluding tert-OH is 1. The number of likely N-dealkylation sites (tertiary alicyclic amines) is 1. The van der Waals surface area contributed by atoms with Crippen LogP contribution in [0, 0.1) is 0 Å². The van der Waals surface area contributed by atoms with E-state index < -0.39 is 44.2 Å². The molecule has 1 aliphatic heterocycles. The molecule has 1 heterocycles. The van der Waals surface area contributed by atoms with Crippen molar-refractivity contribution in [3.8, 4) is 0 Å².